The summed E-state index contributed by atoms with van der Waals surface area (Å²) >= 11 is 11.6. The zero-order chi connectivity index (χ0) is 15.1. The van der Waals surface area contributed by atoms with Crippen LogP contribution >= 0.6 is 23.2 Å². The quantitative estimate of drug-likeness (QED) is 0.912. The van der Waals surface area contributed by atoms with Gasteiger partial charge in [-0.25, -0.2) is 0 Å². The van der Waals surface area contributed by atoms with Crippen molar-refractivity contribution in [2.24, 2.45) is 5.73 Å². The van der Waals surface area contributed by atoms with E-state index in [1.807, 2.05) is 0 Å². The second-order valence-corrected chi connectivity index (χ2v) is 5.15. The molecular weight excluding hydrogens is 318 g/mol. The zero-order valence-corrected chi connectivity index (χ0v) is 11.5. The molecule has 108 valence electrons. The van der Waals surface area contributed by atoms with E-state index >= 15 is 0 Å². The second-order valence-electron chi connectivity index (χ2n) is 4.28. The molecule has 0 bridgehead atoms. The lowest BCUT2D eigenvalue weighted by atomic mass is 10.0. The number of nitrogens with zero attached hydrogens (tertiary/aromatic N) is 2. The highest BCUT2D eigenvalue weighted by Gasteiger charge is 2.53. The predicted octanol–water partition coefficient (Wildman–Crippen LogP) is 3.78. The van der Waals surface area contributed by atoms with Crippen LogP contribution in [0.15, 0.2) is 22.7 Å². The van der Waals surface area contributed by atoms with Gasteiger partial charge >= 0.3 is 6.18 Å². The van der Waals surface area contributed by atoms with Gasteiger partial charge in [0.2, 0.25) is 5.82 Å². The molecule has 1 atom stereocenters. The molecule has 0 aliphatic rings. The van der Waals surface area contributed by atoms with Crippen LogP contribution in [0.1, 0.15) is 12.8 Å². The summed E-state index contributed by atoms with van der Waals surface area (Å²) in [5.41, 5.74) is 2.79. The minimum Gasteiger partial charge on any atom is -0.337 e. The third-order valence-electron chi connectivity index (χ3n) is 2.58. The number of aromatic nitrogens is 2. The molecule has 2 aromatic rings. The van der Waals surface area contributed by atoms with Crippen molar-refractivity contribution in [2.75, 3.05) is 0 Å². The molecule has 0 aliphatic heterocycles. The number of nitrogens with two attached hydrogens (primary N) is 1. The van der Waals surface area contributed by atoms with E-state index in [2.05, 4.69) is 14.7 Å². The lowest BCUT2D eigenvalue weighted by molar-refractivity contribution is -0.190. The predicted molar refractivity (Wildman–Crippen MR) is 67.3 cm³/mol. The molecule has 2 rings (SSSR count). The maximum atomic E-state index is 12.8. The van der Waals surface area contributed by atoms with Gasteiger partial charge in [-0.05, 0) is 25.1 Å². The van der Waals surface area contributed by atoms with Crippen molar-refractivity contribution in [1.82, 2.24) is 10.1 Å². The van der Waals surface area contributed by atoms with Gasteiger partial charge < -0.3 is 10.3 Å². The van der Waals surface area contributed by atoms with E-state index in [9.17, 15) is 13.2 Å². The largest absolute Gasteiger partial charge is 0.415 e. The van der Waals surface area contributed by atoms with Crippen molar-refractivity contribution in [1.29, 1.82) is 0 Å². The molecule has 9 heteroatoms. The Morgan fingerprint density at radius 2 is 1.70 bits per heavy atom. The molecule has 1 heterocycles. The number of benzene rings is 1. The molecule has 0 spiro atoms. The zero-order valence-electron chi connectivity index (χ0n) is 10.0. The van der Waals surface area contributed by atoms with Gasteiger partial charge in [-0.1, -0.05) is 28.4 Å². The van der Waals surface area contributed by atoms with Crippen molar-refractivity contribution in [3.63, 3.8) is 0 Å². The highest BCUT2D eigenvalue weighted by molar-refractivity contribution is 6.35. The van der Waals surface area contributed by atoms with E-state index < -0.39 is 17.6 Å². The molecule has 1 aromatic carbocycles. The summed E-state index contributed by atoms with van der Waals surface area (Å²) in [4.78, 5) is 3.66. The normalized spacial score (nSPS) is 15.2. The van der Waals surface area contributed by atoms with Gasteiger partial charge in [-0.15, -0.1) is 0 Å². The number of rotatable bonds is 2. The Kier molecular flexibility index (Phi) is 3.70. The molecular formula is C11H8Cl2F3N3O. The average Bonchev–Trinajstić information content (AvgIpc) is 2.75. The summed E-state index contributed by atoms with van der Waals surface area (Å²) in [5, 5.41) is 4.06. The van der Waals surface area contributed by atoms with Gasteiger partial charge in [0.15, 0.2) is 5.54 Å². The van der Waals surface area contributed by atoms with Crippen LogP contribution < -0.4 is 5.73 Å². The summed E-state index contributed by atoms with van der Waals surface area (Å²) in [7, 11) is 0. The summed E-state index contributed by atoms with van der Waals surface area (Å²) in [6.07, 6.45) is -4.72. The summed E-state index contributed by atoms with van der Waals surface area (Å²) < 4.78 is 42.9. The average molecular weight is 326 g/mol. The van der Waals surface area contributed by atoms with Crippen molar-refractivity contribution in [3.8, 4) is 11.4 Å². The first kappa shape index (κ1) is 15.1. The molecule has 0 amide bonds. The van der Waals surface area contributed by atoms with Gasteiger partial charge in [0.25, 0.3) is 5.89 Å². The van der Waals surface area contributed by atoms with Gasteiger partial charge in [0, 0.05) is 15.6 Å². The maximum Gasteiger partial charge on any atom is 0.415 e. The molecule has 0 saturated heterocycles. The van der Waals surface area contributed by atoms with Crippen LogP contribution in [0.3, 0.4) is 0 Å². The Labute approximate surface area is 121 Å². The summed E-state index contributed by atoms with van der Waals surface area (Å²) in [6, 6.07) is 4.36. The minimum absolute atomic E-state index is 0.0784. The van der Waals surface area contributed by atoms with Crippen molar-refractivity contribution in [2.45, 2.75) is 18.6 Å². The molecule has 0 aliphatic carbocycles. The van der Waals surface area contributed by atoms with E-state index in [4.69, 9.17) is 28.9 Å². The molecule has 1 aromatic heterocycles. The lowest BCUT2D eigenvalue weighted by Crippen LogP contribution is -2.47. The second kappa shape index (κ2) is 4.91. The Bertz CT molecular complexity index is 620. The fraction of sp³-hybridized carbons (Fsp3) is 0.273. The summed E-state index contributed by atoms with van der Waals surface area (Å²) in [5.74, 6) is -0.818. The van der Waals surface area contributed by atoms with Crippen molar-refractivity contribution >= 4 is 23.2 Å². The first-order chi connectivity index (χ1) is 9.11. The molecule has 4 nitrogen and oxygen atoms in total. The Morgan fingerprint density at radius 1 is 1.15 bits per heavy atom. The standard InChI is InChI=1S/C11H8Cl2F3N3O/c1-10(17,11(14,15)16)9-18-8(19-20-9)5-2-6(12)4-7(13)3-5/h2-4H,17H2,1H3. The number of alkyl halides is 3. The minimum atomic E-state index is -4.72. The van der Waals surface area contributed by atoms with E-state index in [1.54, 1.807) is 0 Å². The first-order valence-corrected chi connectivity index (χ1v) is 6.03. The fourth-order valence-electron chi connectivity index (χ4n) is 1.36. The maximum absolute atomic E-state index is 12.8. The van der Waals surface area contributed by atoms with Gasteiger partial charge in [0.05, 0.1) is 0 Å². The van der Waals surface area contributed by atoms with Crippen molar-refractivity contribution < 1.29 is 17.7 Å². The molecule has 0 fully saturated rings. The van der Waals surface area contributed by atoms with Crippen LogP contribution in [0.4, 0.5) is 13.2 Å². The van der Waals surface area contributed by atoms with Crippen LogP contribution in [0.25, 0.3) is 11.4 Å². The molecule has 20 heavy (non-hydrogen) atoms. The van der Waals surface area contributed by atoms with Crippen LogP contribution in [0.5, 0.6) is 0 Å². The van der Waals surface area contributed by atoms with Gasteiger partial charge in [0.1, 0.15) is 0 Å². The number of hydrogen-bond donors (Lipinski definition) is 1. The van der Waals surface area contributed by atoms with Crippen LogP contribution in [0, 0.1) is 0 Å². The number of hydrogen-bond acceptors (Lipinski definition) is 4. The van der Waals surface area contributed by atoms with Crippen LogP contribution in [-0.4, -0.2) is 16.3 Å². The highest BCUT2D eigenvalue weighted by atomic mass is 35.5. The SMILES string of the molecule is CC(N)(c1nc(-c2cc(Cl)cc(Cl)c2)no1)C(F)(F)F. The Hall–Kier alpha value is -1.31. The van der Waals surface area contributed by atoms with Gasteiger partial charge in [-0.3, -0.25) is 0 Å². The van der Waals surface area contributed by atoms with Crippen molar-refractivity contribution in [3.05, 3.63) is 34.1 Å². The van der Waals surface area contributed by atoms with Gasteiger partial charge in [-0.2, -0.15) is 18.2 Å². The van der Waals surface area contributed by atoms with Crippen LogP contribution in [0.2, 0.25) is 10.0 Å². The first-order valence-electron chi connectivity index (χ1n) is 5.27. The Morgan fingerprint density at radius 3 is 2.20 bits per heavy atom. The molecule has 0 radical (unpaired) electrons. The lowest BCUT2D eigenvalue weighted by Gasteiger charge is -2.22. The summed E-state index contributed by atoms with van der Waals surface area (Å²) in [6.45, 7) is 0.745. The van der Waals surface area contributed by atoms with E-state index in [1.165, 1.54) is 18.2 Å². The molecule has 1 unspecified atom stereocenters. The highest BCUT2D eigenvalue weighted by Crippen LogP contribution is 2.36. The smallest absolute Gasteiger partial charge is 0.337 e. The third kappa shape index (κ3) is 2.74. The third-order valence-corrected chi connectivity index (χ3v) is 3.02. The van der Waals surface area contributed by atoms with E-state index in [-0.39, 0.29) is 5.82 Å². The Balaban J connectivity index is 2.43. The molecule has 2 N–H and O–H groups in total. The molecule has 0 saturated carbocycles. The van der Waals surface area contributed by atoms with E-state index in [0.717, 1.165) is 6.92 Å². The topological polar surface area (TPSA) is 64.9 Å². The monoisotopic (exact) mass is 325 g/mol. The van der Waals surface area contributed by atoms with Crippen LogP contribution in [-0.2, 0) is 5.54 Å². The number of halogens is 5. The van der Waals surface area contributed by atoms with E-state index in [0.29, 0.717) is 15.6 Å². The fourth-order valence-corrected chi connectivity index (χ4v) is 1.88.